The highest BCUT2D eigenvalue weighted by Gasteiger charge is 2.20. The summed E-state index contributed by atoms with van der Waals surface area (Å²) >= 11 is 6.23. The van der Waals surface area contributed by atoms with E-state index in [9.17, 15) is 4.79 Å². The van der Waals surface area contributed by atoms with E-state index in [4.69, 9.17) is 16.7 Å². The van der Waals surface area contributed by atoms with Crippen molar-refractivity contribution in [3.63, 3.8) is 0 Å². The lowest BCUT2D eigenvalue weighted by molar-refractivity contribution is 0.0696. The first-order valence-electron chi connectivity index (χ1n) is 7.37. The van der Waals surface area contributed by atoms with E-state index < -0.39 is 5.97 Å². The van der Waals surface area contributed by atoms with Crippen LogP contribution in [-0.4, -0.2) is 28.6 Å². The third kappa shape index (κ3) is 3.74. The summed E-state index contributed by atoms with van der Waals surface area (Å²) in [5.74, 6) is -0.897. The van der Waals surface area contributed by atoms with Crippen LogP contribution in [0.5, 0.6) is 0 Å². The van der Waals surface area contributed by atoms with Crippen LogP contribution in [0.3, 0.4) is 0 Å². The van der Waals surface area contributed by atoms with Crippen LogP contribution >= 0.6 is 11.6 Å². The van der Waals surface area contributed by atoms with E-state index >= 15 is 0 Å². The molecule has 4 heteroatoms. The molecule has 0 bridgehead atoms. The Kier molecular flexibility index (Phi) is 5.44. The molecule has 0 radical (unpaired) electrons. The van der Waals surface area contributed by atoms with Gasteiger partial charge in [0.05, 0.1) is 5.56 Å². The van der Waals surface area contributed by atoms with Crippen molar-refractivity contribution in [1.29, 1.82) is 0 Å². The highest BCUT2D eigenvalue weighted by atomic mass is 35.5. The second kappa shape index (κ2) is 7.09. The van der Waals surface area contributed by atoms with E-state index in [1.807, 2.05) is 0 Å². The minimum Gasteiger partial charge on any atom is -0.478 e. The van der Waals surface area contributed by atoms with Gasteiger partial charge in [0.15, 0.2) is 0 Å². The lowest BCUT2D eigenvalue weighted by atomic mass is 10.1. The summed E-state index contributed by atoms with van der Waals surface area (Å²) in [6.45, 7) is 4.04. The van der Waals surface area contributed by atoms with Crippen molar-refractivity contribution in [2.75, 3.05) is 6.54 Å². The van der Waals surface area contributed by atoms with Gasteiger partial charge in [0, 0.05) is 17.6 Å². The fourth-order valence-electron chi connectivity index (χ4n) is 2.95. The van der Waals surface area contributed by atoms with Gasteiger partial charge in [0.25, 0.3) is 0 Å². The number of carboxylic acids is 1. The number of halogens is 1. The van der Waals surface area contributed by atoms with E-state index in [1.54, 1.807) is 18.2 Å². The van der Waals surface area contributed by atoms with Crippen molar-refractivity contribution in [2.45, 2.75) is 51.6 Å². The molecule has 0 amide bonds. The average Bonchev–Trinajstić information content (AvgIpc) is 2.66. The first kappa shape index (κ1) is 15.3. The van der Waals surface area contributed by atoms with Crippen LogP contribution in [-0.2, 0) is 6.54 Å². The Morgan fingerprint density at radius 3 is 2.90 bits per heavy atom. The fourth-order valence-corrected chi connectivity index (χ4v) is 3.13. The van der Waals surface area contributed by atoms with Gasteiger partial charge >= 0.3 is 5.97 Å². The molecule has 1 fully saturated rings. The maximum atomic E-state index is 11.1. The molecule has 1 aromatic carbocycles. The van der Waals surface area contributed by atoms with Crippen molar-refractivity contribution < 1.29 is 9.90 Å². The van der Waals surface area contributed by atoms with Crippen LogP contribution in [0, 0.1) is 0 Å². The highest BCUT2D eigenvalue weighted by Crippen LogP contribution is 2.25. The topological polar surface area (TPSA) is 40.5 Å². The van der Waals surface area contributed by atoms with Gasteiger partial charge in [-0.2, -0.15) is 0 Å². The molecule has 1 aliphatic rings. The lowest BCUT2D eigenvalue weighted by Gasteiger charge is -2.29. The van der Waals surface area contributed by atoms with E-state index in [-0.39, 0.29) is 0 Å². The first-order valence-corrected chi connectivity index (χ1v) is 7.75. The van der Waals surface area contributed by atoms with E-state index in [0.717, 1.165) is 25.1 Å². The smallest absolute Gasteiger partial charge is 0.335 e. The maximum Gasteiger partial charge on any atom is 0.335 e. The standard InChI is InChI=1S/C16H22ClNO2/c1-2-14-6-4-3-5-9-18(14)11-13-10-12(16(19)20)7-8-15(13)17/h7-8,10,14H,2-6,9,11H2,1H3,(H,19,20). The molecule has 1 aliphatic heterocycles. The third-order valence-electron chi connectivity index (χ3n) is 4.14. The van der Waals surface area contributed by atoms with E-state index in [0.29, 0.717) is 16.6 Å². The summed E-state index contributed by atoms with van der Waals surface area (Å²) in [6.07, 6.45) is 6.16. The summed E-state index contributed by atoms with van der Waals surface area (Å²) in [6, 6.07) is 5.55. The van der Waals surface area contributed by atoms with Crippen molar-refractivity contribution in [3.05, 3.63) is 34.3 Å². The number of hydrogen-bond acceptors (Lipinski definition) is 2. The van der Waals surface area contributed by atoms with Gasteiger partial charge in [0.1, 0.15) is 0 Å². The second-order valence-electron chi connectivity index (χ2n) is 5.49. The lowest BCUT2D eigenvalue weighted by Crippen LogP contribution is -2.33. The normalized spacial score (nSPS) is 20.6. The van der Waals surface area contributed by atoms with Crippen LogP contribution in [0.2, 0.25) is 5.02 Å². The van der Waals surface area contributed by atoms with Gasteiger partial charge in [-0.3, -0.25) is 4.90 Å². The van der Waals surface area contributed by atoms with Crippen LogP contribution in [0.15, 0.2) is 18.2 Å². The molecule has 0 spiro atoms. The van der Waals surface area contributed by atoms with E-state index in [2.05, 4.69) is 11.8 Å². The Morgan fingerprint density at radius 1 is 1.40 bits per heavy atom. The Balaban J connectivity index is 2.18. The molecule has 20 heavy (non-hydrogen) atoms. The number of aromatic carboxylic acids is 1. The van der Waals surface area contributed by atoms with Gasteiger partial charge in [-0.05, 0) is 49.6 Å². The van der Waals surface area contributed by atoms with Crippen LogP contribution in [0.4, 0.5) is 0 Å². The highest BCUT2D eigenvalue weighted by molar-refractivity contribution is 6.31. The Hall–Kier alpha value is -1.06. The molecule has 110 valence electrons. The minimum atomic E-state index is -0.897. The summed E-state index contributed by atoms with van der Waals surface area (Å²) in [7, 11) is 0. The fraction of sp³-hybridized carbons (Fsp3) is 0.562. The molecule has 3 nitrogen and oxygen atoms in total. The Bertz CT molecular complexity index is 476. The Morgan fingerprint density at radius 2 is 2.20 bits per heavy atom. The molecule has 0 aromatic heterocycles. The number of benzene rings is 1. The zero-order valence-electron chi connectivity index (χ0n) is 11.9. The summed E-state index contributed by atoms with van der Waals surface area (Å²) < 4.78 is 0. The number of carbonyl (C=O) groups is 1. The van der Waals surface area contributed by atoms with Gasteiger partial charge in [-0.25, -0.2) is 4.79 Å². The number of rotatable bonds is 4. The van der Waals surface area contributed by atoms with Crippen molar-refractivity contribution in [1.82, 2.24) is 4.90 Å². The quantitative estimate of drug-likeness (QED) is 0.905. The van der Waals surface area contributed by atoms with Gasteiger partial charge in [-0.15, -0.1) is 0 Å². The SMILES string of the molecule is CCC1CCCCCN1Cc1cc(C(=O)O)ccc1Cl. The number of likely N-dealkylation sites (tertiary alicyclic amines) is 1. The predicted octanol–water partition coefficient (Wildman–Crippen LogP) is 4.19. The van der Waals surface area contributed by atoms with Gasteiger partial charge < -0.3 is 5.11 Å². The monoisotopic (exact) mass is 295 g/mol. The zero-order chi connectivity index (χ0) is 14.5. The van der Waals surface area contributed by atoms with Crippen LogP contribution in [0.25, 0.3) is 0 Å². The molecule has 1 unspecified atom stereocenters. The molecule has 1 aromatic rings. The number of carboxylic acid groups (broad SMARTS) is 1. The number of nitrogens with zero attached hydrogens (tertiary/aromatic N) is 1. The molecule has 1 N–H and O–H groups in total. The van der Waals surface area contributed by atoms with Crippen molar-refractivity contribution in [2.24, 2.45) is 0 Å². The molecule has 2 rings (SSSR count). The zero-order valence-corrected chi connectivity index (χ0v) is 12.7. The molecule has 0 saturated carbocycles. The maximum absolute atomic E-state index is 11.1. The average molecular weight is 296 g/mol. The van der Waals surface area contributed by atoms with E-state index in [1.165, 1.54) is 25.7 Å². The molecule has 1 heterocycles. The summed E-state index contributed by atoms with van der Waals surface area (Å²) in [5, 5.41) is 9.75. The predicted molar refractivity (Wildman–Crippen MR) is 81.4 cm³/mol. The molecular weight excluding hydrogens is 274 g/mol. The summed E-state index contributed by atoms with van der Waals surface area (Å²) in [4.78, 5) is 13.5. The molecule has 1 saturated heterocycles. The summed E-state index contributed by atoms with van der Waals surface area (Å²) in [5.41, 5.74) is 1.24. The molecule has 1 atom stereocenters. The van der Waals surface area contributed by atoms with Crippen molar-refractivity contribution in [3.8, 4) is 0 Å². The molecule has 0 aliphatic carbocycles. The third-order valence-corrected chi connectivity index (χ3v) is 4.51. The molecular formula is C16H22ClNO2. The van der Waals surface area contributed by atoms with Crippen LogP contribution < -0.4 is 0 Å². The largest absolute Gasteiger partial charge is 0.478 e. The number of hydrogen-bond donors (Lipinski definition) is 1. The minimum absolute atomic E-state index is 0.312. The Labute approximate surface area is 125 Å². The first-order chi connectivity index (χ1) is 9.61. The van der Waals surface area contributed by atoms with Gasteiger partial charge in [0.2, 0.25) is 0 Å². The second-order valence-corrected chi connectivity index (χ2v) is 5.90. The van der Waals surface area contributed by atoms with Gasteiger partial charge in [-0.1, -0.05) is 31.4 Å². The van der Waals surface area contributed by atoms with Crippen LogP contribution in [0.1, 0.15) is 54.9 Å². The van der Waals surface area contributed by atoms with Crippen molar-refractivity contribution >= 4 is 17.6 Å².